The van der Waals surface area contributed by atoms with Crippen molar-refractivity contribution in [2.24, 2.45) is 5.92 Å². The molecule has 0 spiro atoms. The van der Waals surface area contributed by atoms with Crippen LogP contribution >= 0.6 is 0 Å². The fraction of sp³-hybridized carbons (Fsp3) is 0.733. The number of piperidine rings is 1. The Hall–Kier alpha value is -1.72. The van der Waals surface area contributed by atoms with Crippen LogP contribution in [0.4, 0.5) is 9.59 Å². The van der Waals surface area contributed by atoms with Crippen LogP contribution in [0.5, 0.6) is 0 Å². The van der Waals surface area contributed by atoms with Crippen LogP contribution in [0.25, 0.3) is 0 Å². The third-order valence-electron chi connectivity index (χ3n) is 4.55. The molecule has 2 saturated heterocycles. The van der Waals surface area contributed by atoms with Gasteiger partial charge >= 0.3 is 12.2 Å². The molecule has 2 aliphatic rings. The average molecular weight is 296 g/mol. The highest BCUT2D eigenvalue weighted by Gasteiger charge is 2.41. The van der Waals surface area contributed by atoms with E-state index >= 15 is 0 Å². The molecule has 0 N–H and O–H groups in total. The second-order valence-corrected chi connectivity index (χ2v) is 5.71. The number of cyclic esters (lactones) is 1. The number of nitrogens with zero attached hydrogens (tertiary/aromatic N) is 2. The predicted molar refractivity (Wildman–Crippen MR) is 77.7 cm³/mol. The highest BCUT2D eigenvalue weighted by atomic mass is 16.6. The summed E-state index contributed by atoms with van der Waals surface area (Å²) in [5.74, 6) is 0.417. The molecule has 2 amide bonds. The predicted octanol–water partition coefficient (Wildman–Crippen LogP) is 2.60. The van der Waals surface area contributed by atoms with Crippen molar-refractivity contribution in [1.29, 1.82) is 0 Å². The largest absolute Gasteiger partial charge is 0.447 e. The fourth-order valence-corrected chi connectivity index (χ4v) is 3.05. The lowest BCUT2D eigenvalue weighted by molar-refractivity contribution is 0.0861. The SMILES string of the molecule is C=COC(=O)N1CCC(N2C(=O)OCC2C(C)CC)CC1. The summed E-state index contributed by atoms with van der Waals surface area (Å²) in [6, 6.07) is 0.297. The van der Waals surface area contributed by atoms with Gasteiger partial charge in [-0.1, -0.05) is 26.8 Å². The molecular formula is C15H24N2O4. The Labute approximate surface area is 125 Å². The van der Waals surface area contributed by atoms with E-state index in [-0.39, 0.29) is 24.3 Å². The molecule has 2 rings (SSSR count). The van der Waals surface area contributed by atoms with Crippen LogP contribution in [0.2, 0.25) is 0 Å². The van der Waals surface area contributed by atoms with Crippen molar-refractivity contribution in [3.63, 3.8) is 0 Å². The fourth-order valence-electron chi connectivity index (χ4n) is 3.05. The van der Waals surface area contributed by atoms with Gasteiger partial charge in [-0.15, -0.1) is 0 Å². The molecule has 118 valence electrons. The van der Waals surface area contributed by atoms with E-state index < -0.39 is 0 Å². The van der Waals surface area contributed by atoms with Crippen LogP contribution in [-0.4, -0.2) is 53.8 Å². The molecule has 2 atom stereocenters. The lowest BCUT2D eigenvalue weighted by Gasteiger charge is -2.38. The highest BCUT2D eigenvalue weighted by molar-refractivity contribution is 5.71. The van der Waals surface area contributed by atoms with Gasteiger partial charge in [0.1, 0.15) is 6.61 Å². The van der Waals surface area contributed by atoms with Gasteiger partial charge in [0.05, 0.1) is 12.3 Å². The first-order valence-electron chi connectivity index (χ1n) is 7.60. The minimum Gasteiger partial charge on any atom is -0.447 e. The Morgan fingerprint density at radius 3 is 2.76 bits per heavy atom. The van der Waals surface area contributed by atoms with Crippen molar-refractivity contribution in [3.05, 3.63) is 12.8 Å². The zero-order valence-electron chi connectivity index (χ0n) is 12.8. The first-order valence-corrected chi connectivity index (χ1v) is 7.60. The topological polar surface area (TPSA) is 59.1 Å². The number of ether oxygens (including phenoxy) is 2. The summed E-state index contributed by atoms with van der Waals surface area (Å²) < 4.78 is 10.0. The molecule has 6 nitrogen and oxygen atoms in total. The van der Waals surface area contributed by atoms with Crippen molar-refractivity contribution in [2.75, 3.05) is 19.7 Å². The molecule has 6 heteroatoms. The Kier molecular flexibility index (Phi) is 5.09. The first kappa shape index (κ1) is 15.7. The van der Waals surface area contributed by atoms with Gasteiger partial charge in [-0.2, -0.15) is 0 Å². The van der Waals surface area contributed by atoms with Gasteiger partial charge in [-0.05, 0) is 18.8 Å². The molecule has 0 radical (unpaired) electrons. The van der Waals surface area contributed by atoms with Crippen LogP contribution in [0.1, 0.15) is 33.1 Å². The van der Waals surface area contributed by atoms with Gasteiger partial charge in [0.15, 0.2) is 0 Å². The normalized spacial score (nSPS) is 24.7. The first-order chi connectivity index (χ1) is 10.1. The van der Waals surface area contributed by atoms with E-state index in [0.717, 1.165) is 25.5 Å². The molecule has 0 aromatic heterocycles. The van der Waals surface area contributed by atoms with Gasteiger partial charge < -0.3 is 14.4 Å². The summed E-state index contributed by atoms with van der Waals surface area (Å²) in [5, 5.41) is 0. The van der Waals surface area contributed by atoms with E-state index in [1.165, 1.54) is 0 Å². The van der Waals surface area contributed by atoms with Crippen molar-refractivity contribution < 1.29 is 19.1 Å². The lowest BCUT2D eigenvalue weighted by Crippen LogP contribution is -2.51. The summed E-state index contributed by atoms with van der Waals surface area (Å²) in [6.07, 6.45) is 3.09. The maximum absolute atomic E-state index is 12.0. The van der Waals surface area contributed by atoms with Gasteiger partial charge in [-0.3, -0.25) is 4.90 Å². The quantitative estimate of drug-likeness (QED) is 0.748. The molecule has 2 fully saturated rings. The van der Waals surface area contributed by atoms with Crippen LogP contribution in [0.3, 0.4) is 0 Å². The summed E-state index contributed by atoms with van der Waals surface area (Å²) in [4.78, 5) is 27.2. The summed E-state index contributed by atoms with van der Waals surface area (Å²) in [7, 11) is 0. The van der Waals surface area contributed by atoms with Gasteiger partial charge in [0.25, 0.3) is 0 Å². The molecule has 0 saturated carbocycles. The van der Waals surface area contributed by atoms with Gasteiger partial charge in [0, 0.05) is 19.1 Å². The third kappa shape index (κ3) is 3.31. The van der Waals surface area contributed by atoms with Crippen molar-refractivity contribution >= 4 is 12.2 Å². The van der Waals surface area contributed by atoms with E-state index in [9.17, 15) is 9.59 Å². The Balaban J connectivity index is 1.95. The molecule has 0 aromatic rings. The Bertz CT molecular complexity index is 404. The van der Waals surface area contributed by atoms with Crippen LogP contribution in [0, 0.1) is 5.92 Å². The van der Waals surface area contributed by atoms with Crippen LogP contribution < -0.4 is 0 Å². The zero-order chi connectivity index (χ0) is 15.4. The monoisotopic (exact) mass is 296 g/mol. The molecule has 2 unspecified atom stereocenters. The third-order valence-corrected chi connectivity index (χ3v) is 4.55. The van der Waals surface area contributed by atoms with Crippen molar-refractivity contribution in [2.45, 2.75) is 45.2 Å². The Morgan fingerprint density at radius 1 is 1.52 bits per heavy atom. The smallest absolute Gasteiger partial charge is 0.414 e. The van der Waals surface area contributed by atoms with Gasteiger partial charge in [-0.25, -0.2) is 9.59 Å². The maximum atomic E-state index is 12.0. The summed E-state index contributed by atoms with van der Waals surface area (Å²) in [6.45, 7) is 9.32. The summed E-state index contributed by atoms with van der Waals surface area (Å²) in [5.41, 5.74) is 0. The van der Waals surface area contributed by atoms with Crippen molar-refractivity contribution in [1.82, 2.24) is 9.80 Å². The van der Waals surface area contributed by atoms with Gasteiger partial charge in [0.2, 0.25) is 0 Å². The number of hydrogen-bond acceptors (Lipinski definition) is 4. The van der Waals surface area contributed by atoms with Crippen LogP contribution in [0.15, 0.2) is 12.8 Å². The molecule has 2 aliphatic heterocycles. The molecule has 0 bridgehead atoms. The molecule has 0 aromatic carbocycles. The molecule has 2 heterocycles. The minimum absolute atomic E-state index is 0.145. The molecule has 21 heavy (non-hydrogen) atoms. The molecular weight excluding hydrogens is 272 g/mol. The number of hydrogen-bond donors (Lipinski definition) is 0. The van der Waals surface area contributed by atoms with Crippen LogP contribution in [-0.2, 0) is 9.47 Å². The highest BCUT2D eigenvalue weighted by Crippen LogP contribution is 2.28. The van der Waals surface area contributed by atoms with E-state index in [0.29, 0.717) is 25.6 Å². The van der Waals surface area contributed by atoms with E-state index in [4.69, 9.17) is 9.47 Å². The lowest BCUT2D eigenvalue weighted by atomic mass is 9.95. The van der Waals surface area contributed by atoms with E-state index in [2.05, 4.69) is 20.4 Å². The average Bonchev–Trinajstić information content (AvgIpc) is 2.88. The van der Waals surface area contributed by atoms with Crippen molar-refractivity contribution in [3.8, 4) is 0 Å². The summed E-state index contributed by atoms with van der Waals surface area (Å²) >= 11 is 0. The zero-order valence-corrected chi connectivity index (χ0v) is 12.8. The number of carbonyl (C=O) groups excluding carboxylic acids is 2. The number of amides is 2. The van der Waals surface area contributed by atoms with E-state index in [1.807, 2.05) is 4.90 Å². The molecule has 0 aliphatic carbocycles. The second kappa shape index (κ2) is 6.83. The minimum atomic E-state index is -0.370. The second-order valence-electron chi connectivity index (χ2n) is 5.71. The number of rotatable bonds is 4. The maximum Gasteiger partial charge on any atom is 0.414 e. The standard InChI is InChI=1S/C15H24N2O4/c1-4-11(3)13-10-21-15(19)17(13)12-6-8-16(9-7-12)14(18)20-5-2/h5,11-13H,2,4,6-10H2,1,3H3. The van der Waals surface area contributed by atoms with E-state index in [1.54, 1.807) is 4.90 Å². The number of likely N-dealkylation sites (tertiary alicyclic amines) is 1. The Morgan fingerprint density at radius 2 is 2.19 bits per heavy atom. The number of carbonyl (C=O) groups is 2.